The van der Waals surface area contributed by atoms with E-state index in [2.05, 4.69) is 59.6 Å². The number of aliphatic imine (C=N–C) groups is 1. The summed E-state index contributed by atoms with van der Waals surface area (Å²) in [7, 11) is 2.02. The molecule has 0 fully saturated rings. The maximum Gasteiger partial charge on any atom is 0.251 e. The van der Waals surface area contributed by atoms with Gasteiger partial charge in [-0.3, -0.25) is 4.79 Å². The molecule has 2 aromatic carbocycles. The predicted molar refractivity (Wildman–Crippen MR) is 124 cm³/mol. The first-order chi connectivity index (χ1) is 14.4. The molecular weight excluding hydrogens is 392 g/mol. The molecule has 0 bridgehead atoms. The first-order valence-electron chi connectivity index (χ1n) is 10.1. The predicted octanol–water partition coefficient (Wildman–Crippen LogP) is 4.87. The number of thiazole rings is 1. The van der Waals surface area contributed by atoms with Crippen molar-refractivity contribution in [3.63, 3.8) is 0 Å². The van der Waals surface area contributed by atoms with Gasteiger partial charge in [0.15, 0.2) is 0 Å². The highest BCUT2D eigenvalue weighted by Gasteiger charge is 2.19. The normalized spacial score (nSPS) is 13.0. The third-order valence-electron chi connectivity index (χ3n) is 5.53. The van der Waals surface area contributed by atoms with Crippen LogP contribution in [0, 0.1) is 13.8 Å². The molecule has 1 amide bonds. The van der Waals surface area contributed by atoms with Gasteiger partial charge in [-0.15, -0.1) is 11.3 Å². The highest BCUT2D eigenvalue weighted by atomic mass is 32.1. The molecule has 0 radical (unpaired) electrons. The number of carbonyl (C=O) groups excluding carboxylic acids is 1. The molecule has 0 atom stereocenters. The summed E-state index contributed by atoms with van der Waals surface area (Å²) in [4.78, 5) is 23.3. The molecule has 0 saturated carbocycles. The molecule has 154 valence electrons. The molecule has 30 heavy (non-hydrogen) atoms. The summed E-state index contributed by atoms with van der Waals surface area (Å²) < 4.78 is 0. The Hall–Kier alpha value is -2.99. The maximum atomic E-state index is 11.8. The zero-order valence-electron chi connectivity index (χ0n) is 17.8. The van der Waals surface area contributed by atoms with Crippen LogP contribution >= 0.6 is 11.3 Å². The number of hydrogen-bond donors (Lipinski definition) is 1. The molecule has 2 heterocycles. The highest BCUT2D eigenvalue weighted by Crippen LogP contribution is 2.29. The smallest absolute Gasteiger partial charge is 0.251 e. The van der Waals surface area contributed by atoms with Crippen molar-refractivity contribution < 1.29 is 4.79 Å². The SMILES string of the molecule is CCN(C)/C=N/c1cc(C)c(Cc2nc(-c3ccc4c(c3)CNC4=O)cs2)cc1C. The fourth-order valence-corrected chi connectivity index (χ4v) is 4.34. The van der Waals surface area contributed by atoms with Crippen molar-refractivity contribution in [1.82, 2.24) is 15.2 Å². The third kappa shape index (κ3) is 4.14. The summed E-state index contributed by atoms with van der Waals surface area (Å²) >= 11 is 1.68. The highest BCUT2D eigenvalue weighted by molar-refractivity contribution is 7.10. The van der Waals surface area contributed by atoms with E-state index >= 15 is 0 Å². The molecule has 1 aliphatic heterocycles. The second-order valence-corrected chi connectivity index (χ2v) is 8.68. The first-order valence-corrected chi connectivity index (χ1v) is 11.0. The van der Waals surface area contributed by atoms with Gasteiger partial charge in [-0.25, -0.2) is 9.98 Å². The van der Waals surface area contributed by atoms with E-state index in [0.29, 0.717) is 6.54 Å². The van der Waals surface area contributed by atoms with Crippen molar-refractivity contribution >= 4 is 29.3 Å². The summed E-state index contributed by atoms with van der Waals surface area (Å²) in [6.45, 7) is 7.88. The van der Waals surface area contributed by atoms with Crippen LogP contribution in [0.25, 0.3) is 11.3 Å². The van der Waals surface area contributed by atoms with E-state index in [0.717, 1.165) is 46.0 Å². The fraction of sp³-hybridized carbons (Fsp3) is 0.292. The second kappa shape index (κ2) is 8.40. The number of aryl methyl sites for hydroxylation is 2. The van der Waals surface area contributed by atoms with E-state index < -0.39 is 0 Å². The maximum absolute atomic E-state index is 11.8. The van der Waals surface area contributed by atoms with Crippen molar-refractivity contribution in [2.75, 3.05) is 13.6 Å². The standard InChI is InChI=1S/C24H26N4OS/c1-5-28(4)14-26-21-9-15(2)18(8-16(21)3)11-23-27-22(13-30-23)17-6-7-20-19(10-17)12-25-24(20)29/h6-10,13-14H,5,11-12H2,1-4H3,(H,25,29)/b26-14+. The Morgan fingerprint density at radius 3 is 2.87 bits per heavy atom. The Morgan fingerprint density at radius 1 is 1.23 bits per heavy atom. The Labute approximate surface area is 181 Å². The van der Waals surface area contributed by atoms with Gasteiger partial charge in [-0.2, -0.15) is 0 Å². The molecule has 0 saturated heterocycles. The number of nitrogens with zero attached hydrogens (tertiary/aromatic N) is 3. The number of benzene rings is 2. The van der Waals surface area contributed by atoms with Crippen LogP contribution in [0.1, 0.15) is 44.5 Å². The average molecular weight is 419 g/mol. The van der Waals surface area contributed by atoms with Crippen molar-refractivity contribution in [1.29, 1.82) is 0 Å². The number of aromatic nitrogens is 1. The van der Waals surface area contributed by atoms with Crippen molar-refractivity contribution in [2.45, 2.75) is 33.7 Å². The summed E-state index contributed by atoms with van der Waals surface area (Å²) in [6, 6.07) is 10.3. The lowest BCUT2D eigenvalue weighted by molar-refractivity contribution is 0.0966. The molecule has 3 aromatic rings. The van der Waals surface area contributed by atoms with E-state index in [9.17, 15) is 4.79 Å². The van der Waals surface area contributed by atoms with Crippen LogP contribution in [0.5, 0.6) is 0 Å². The number of rotatable bonds is 6. The number of amides is 1. The molecule has 0 spiro atoms. The lowest BCUT2D eigenvalue weighted by Crippen LogP contribution is -2.14. The van der Waals surface area contributed by atoms with Gasteiger partial charge in [0, 0.05) is 43.1 Å². The van der Waals surface area contributed by atoms with Crippen LogP contribution < -0.4 is 5.32 Å². The van der Waals surface area contributed by atoms with Crippen LogP contribution in [0.3, 0.4) is 0 Å². The zero-order valence-corrected chi connectivity index (χ0v) is 18.6. The van der Waals surface area contributed by atoms with Crippen LogP contribution in [-0.4, -0.2) is 35.7 Å². The fourth-order valence-electron chi connectivity index (χ4n) is 3.51. The Morgan fingerprint density at radius 2 is 2.07 bits per heavy atom. The summed E-state index contributed by atoms with van der Waals surface area (Å²) in [6.07, 6.45) is 2.69. The van der Waals surface area contributed by atoms with Gasteiger partial charge < -0.3 is 10.2 Å². The van der Waals surface area contributed by atoms with Crippen LogP contribution in [0.4, 0.5) is 5.69 Å². The van der Waals surface area contributed by atoms with Crippen LogP contribution in [-0.2, 0) is 13.0 Å². The van der Waals surface area contributed by atoms with Gasteiger partial charge in [-0.1, -0.05) is 12.1 Å². The molecule has 5 nitrogen and oxygen atoms in total. The van der Waals surface area contributed by atoms with Gasteiger partial charge in [0.2, 0.25) is 0 Å². The number of fused-ring (bicyclic) bond motifs is 1. The van der Waals surface area contributed by atoms with E-state index in [-0.39, 0.29) is 5.91 Å². The number of hydrogen-bond acceptors (Lipinski definition) is 4. The minimum atomic E-state index is 0.00971. The topological polar surface area (TPSA) is 57.6 Å². The van der Waals surface area contributed by atoms with Gasteiger partial charge in [0.25, 0.3) is 5.91 Å². The van der Waals surface area contributed by atoms with E-state index in [1.165, 1.54) is 16.7 Å². The van der Waals surface area contributed by atoms with Gasteiger partial charge in [-0.05, 0) is 61.2 Å². The zero-order chi connectivity index (χ0) is 21.3. The van der Waals surface area contributed by atoms with Crippen LogP contribution in [0.15, 0.2) is 40.7 Å². The summed E-state index contributed by atoms with van der Waals surface area (Å²) in [5.74, 6) is 0.00971. The van der Waals surface area contributed by atoms with Crippen molar-refractivity contribution in [3.8, 4) is 11.3 Å². The molecule has 6 heteroatoms. The average Bonchev–Trinajstić information content (AvgIpc) is 3.35. The molecule has 4 rings (SSSR count). The third-order valence-corrected chi connectivity index (χ3v) is 6.37. The van der Waals surface area contributed by atoms with Gasteiger partial charge >= 0.3 is 0 Å². The van der Waals surface area contributed by atoms with E-state index in [1.54, 1.807) is 11.3 Å². The van der Waals surface area contributed by atoms with Crippen molar-refractivity contribution in [2.24, 2.45) is 4.99 Å². The molecule has 1 N–H and O–H groups in total. The quantitative estimate of drug-likeness (QED) is 0.459. The minimum absolute atomic E-state index is 0.00971. The number of nitrogens with one attached hydrogen (secondary N) is 1. The molecule has 0 aliphatic carbocycles. The lowest BCUT2D eigenvalue weighted by Gasteiger charge is -2.11. The Kier molecular flexibility index (Phi) is 5.68. The summed E-state index contributed by atoms with van der Waals surface area (Å²) in [5, 5.41) is 6.05. The van der Waals surface area contributed by atoms with E-state index in [4.69, 9.17) is 4.98 Å². The van der Waals surface area contributed by atoms with Gasteiger partial charge in [0.05, 0.1) is 22.7 Å². The van der Waals surface area contributed by atoms with E-state index in [1.807, 2.05) is 25.5 Å². The first kappa shape index (κ1) is 20.3. The molecule has 0 unspecified atom stereocenters. The van der Waals surface area contributed by atoms with Crippen molar-refractivity contribution in [3.05, 3.63) is 68.5 Å². The molecule has 1 aromatic heterocycles. The van der Waals surface area contributed by atoms with Gasteiger partial charge in [0.1, 0.15) is 0 Å². The lowest BCUT2D eigenvalue weighted by atomic mass is 10.0. The number of carbonyl (C=O) groups is 1. The summed E-state index contributed by atoms with van der Waals surface area (Å²) in [5.41, 5.74) is 8.53. The minimum Gasteiger partial charge on any atom is -0.366 e. The molecular formula is C24H26N4OS. The Balaban J connectivity index is 1.53. The Bertz CT molecular complexity index is 1130. The van der Waals surface area contributed by atoms with Crippen LogP contribution in [0.2, 0.25) is 0 Å². The molecule has 1 aliphatic rings. The second-order valence-electron chi connectivity index (χ2n) is 7.74. The largest absolute Gasteiger partial charge is 0.366 e. The monoisotopic (exact) mass is 418 g/mol.